The zero-order valence-electron chi connectivity index (χ0n) is 11.0. The Morgan fingerprint density at radius 1 is 1.24 bits per heavy atom. The number of rotatable bonds is 4. The average Bonchev–Trinajstić information content (AvgIpc) is 2.42. The average molecular weight is 357 g/mol. The number of nitro groups is 1. The van der Waals surface area contributed by atoms with E-state index in [1.807, 2.05) is 0 Å². The van der Waals surface area contributed by atoms with E-state index in [1.165, 1.54) is 19.1 Å². The Hall–Kier alpha value is -2.02. The Labute approximate surface area is 128 Å². The van der Waals surface area contributed by atoms with Crippen LogP contribution in [0.25, 0.3) is 0 Å². The van der Waals surface area contributed by atoms with Crippen LogP contribution in [0, 0.1) is 28.7 Å². The summed E-state index contributed by atoms with van der Waals surface area (Å²) >= 11 is 3.22. The number of aryl methyl sites for hydroxylation is 1. The maximum Gasteiger partial charge on any atom is 0.270 e. The fourth-order valence-corrected chi connectivity index (χ4v) is 2.27. The molecule has 7 heteroatoms. The molecule has 0 aromatic heterocycles. The second-order valence-corrected chi connectivity index (χ2v) is 5.32. The minimum absolute atomic E-state index is 0.0433. The summed E-state index contributed by atoms with van der Waals surface area (Å²) in [7, 11) is 0. The number of halogens is 3. The van der Waals surface area contributed by atoms with E-state index < -0.39 is 16.6 Å². The fraction of sp³-hybridized carbons (Fsp3) is 0.143. The van der Waals surface area contributed by atoms with Crippen LogP contribution >= 0.6 is 15.9 Å². The maximum absolute atomic E-state index is 13.7. The summed E-state index contributed by atoms with van der Waals surface area (Å²) in [5, 5.41) is 13.4. The summed E-state index contributed by atoms with van der Waals surface area (Å²) < 4.78 is 27.6. The van der Waals surface area contributed by atoms with Crippen molar-refractivity contribution in [3.63, 3.8) is 0 Å². The fourth-order valence-electron chi connectivity index (χ4n) is 1.77. The molecule has 0 saturated carbocycles. The van der Waals surface area contributed by atoms with E-state index in [9.17, 15) is 18.9 Å². The van der Waals surface area contributed by atoms with Gasteiger partial charge in [0, 0.05) is 29.2 Å². The number of nitrogens with one attached hydrogen (secondary N) is 1. The van der Waals surface area contributed by atoms with Gasteiger partial charge < -0.3 is 5.32 Å². The summed E-state index contributed by atoms with van der Waals surface area (Å²) in [6.45, 7) is 1.69. The molecule has 0 aliphatic rings. The SMILES string of the molecule is Cc1cc(F)c(NCc2ccc([N+](=O)[O-])cc2Br)cc1F. The van der Waals surface area contributed by atoms with E-state index in [1.54, 1.807) is 6.07 Å². The predicted octanol–water partition coefficient (Wildman–Crippen LogP) is 4.56. The molecule has 4 nitrogen and oxygen atoms in total. The summed E-state index contributed by atoms with van der Waals surface area (Å²) in [5.41, 5.74) is 0.928. The summed E-state index contributed by atoms with van der Waals surface area (Å²) in [6.07, 6.45) is 0. The Bertz CT molecular complexity index is 708. The van der Waals surface area contributed by atoms with Gasteiger partial charge in [-0.05, 0) is 30.2 Å². The third-order valence-electron chi connectivity index (χ3n) is 2.97. The van der Waals surface area contributed by atoms with Crippen LogP contribution in [0.1, 0.15) is 11.1 Å². The van der Waals surface area contributed by atoms with Crippen molar-refractivity contribution in [3.05, 3.63) is 67.7 Å². The van der Waals surface area contributed by atoms with Crippen LogP contribution in [0.5, 0.6) is 0 Å². The first-order valence-corrected chi connectivity index (χ1v) is 6.80. The van der Waals surface area contributed by atoms with Crippen LogP contribution in [-0.2, 0) is 6.54 Å². The number of nitrogens with zero attached hydrogens (tertiary/aromatic N) is 1. The minimum Gasteiger partial charge on any atom is -0.378 e. The normalized spacial score (nSPS) is 10.5. The van der Waals surface area contributed by atoms with Gasteiger partial charge in [0.1, 0.15) is 11.6 Å². The minimum atomic E-state index is -0.549. The van der Waals surface area contributed by atoms with Gasteiger partial charge in [0.15, 0.2) is 0 Å². The molecule has 1 N–H and O–H groups in total. The summed E-state index contributed by atoms with van der Waals surface area (Å²) in [6, 6.07) is 6.47. The van der Waals surface area contributed by atoms with Crippen molar-refractivity contribution in [3.8, 4) is 0 Å². The molecular weight excluding hydrogens is 346 g/mol. The molecule has 0 aliphatic carbocycles. The molecule has 0 unspecified atom stereocenters. The van der Waals surface area contributed by atoms with E-state index in [-0.39, 0.29) is 23.5 Å². The Balaban J connectivity index is 2.17. The number of hydrogen-bond donors (Lipinski definition) is 1. The van der Waals surface area contributed by atoms with Gasteiger partial charge in [-0.1, -0.05) is 15.9 Å². The molecule has 21 heavy (non-hydrogen) atoms. The molecule has 0 aliphatic heterocycles. The Morgan fingerprint density at radius 2 is 1.95 bits per heavy atom. The van der Waals surface area contributed by atoms with Crippen LogP contribution in [0.4, 0.5) is 20.2 Å². The first kappa shape index (κ1) is 15.4. The molecule has 2 aromatic rings. The highest BCUT2D eigenvalue weighted by Gasteiger charge is 2.11. The van der Waals surface area contributed by atoms with Crippen molar-refractivity contribution in [2.45, 2.75) is 13.5 Å². The quantitative estimate of drug-likeness (QED) is 0.645. The molecule has 2 rings (SSSR count). The number of nitro benzene ring substituents is 1. The first-order chi connectivity index (χ1) is 9.88. The molecular formula is C14H11BrF2N2O2. The van der Waals surface area contributed by atoms with E-state index in [4.69, 9.17) is 0 Å². The maximum atomic E-state index is 13.7. The Kier molecular flexibility index (Phi) is 4.52. The van der Waals surface area contributed by atoms with E-state index >= 15 is 0 Å². The van der Waals surface area contributed by atoms with Crippen LogP contribution in [0.15, 0.2) is 34.8 Å². The van der Waals surface area contributed by atoms with Gasteiger partial charge >= 0.3 is 0 Å². The number of anilines is 1. The van der Waals surface area contributed by atoms with E-state index in [0.717, 1.165) is 12.1 Å². The smallest absolute Gasteiger partial charge is 0.270 e. The van der Waals surface area contributed by atoms with Gasteiger partial charge in [-0.3, -0.25) is 10.1 Å². The van der Waals surface area contributed by atoms with E-state index in [0.29, 0.717) is 10.0 Å². The van der Waals surface area contributed by atoms with E-state index in [2.05, 4.69) is 21.2 Å². The second kappa shape index (κ2) is 6.17. The van der Waals surface area contributed by atoms with Gasteiger partial charge in [0.25, 0.3) is 5.69 Å². The number of benzene rings is 2. The number of non-ortho nitro benzene ring substituents is 1. The highest BCUT2D eigenvalue weighted by Crippen LogP contribution is 2.25. The Morgan fingerprint density at radius 3 is 2.57 bits per heavy atom. The molecule has 0 amide bonds. The van der Waals surface area contributed by atoms with Crippen molar-refractivity contribution >= 4 is 27.3 Å². The molecule has 0 saturated heterocycles. The lowest BCUT2D eigenvalue weighted by molar-refractivity contribution is -0.384. The zero-order valence-corrected chi connectivity index (χ0v) is 12.6. The second-order valence-electron chi connectivity index (χ2n) is 4.47. The largest absolute Gasteiger partial charge is 0.378 e. The van der Waals surface area contributed by atoms with Crippen molar-refractivity contribution in [2.75, 3.05) is 5.32 Å². The lowest BCUT2D eigenvalue weighted by atomic mass is 10.1. The van der Waals surface area contributed by atoms with Crippen molar-refractivity contribution < 1.29 is 13.7 Å². The van der Waals surface area contributed by atoms with Crippen molar-refractivity contribution in [1.29, 1.82) is 0 Å². The van der Waals surface area contributed by atoms with Gasteiger partial charge in [-0.15, -0.1) is 0 Å². The monoisotopic (exact) mass is 356 g/mol. The third kappa shape index (κ3) is 3.55. The van der Waals surface area contributed by atoms with Crippen molar-refractivity contribution in [1.82, 2.24) is 0 Å². The first-order valence-electron chi connectivity index (χ1n) is 6.01. The summed E-state index contributed by atoms with van der Waals surface area (Å²) in [4.78, 5) is 10.1. The molecule has 0 atom stereocenters. The molecule has 0 heterocycles. The lowest BCUT2D eigenvalue weighted by Crippen LogP contribution is -2.03. The van der Waals surface area contributed by atoms with Crippen LogP contribution in [0.2, 0.25) is 0 Å². The van der Waals surface area contributed by atoms with Crippen LogP contribution in [0.3, 0.4) is 0 Å². The molecule has 0 bridgehead atoms. The highest BCUT2D eigenvalue weighted by molar-refractivity contribution is 9.10. The molecule has 0 fully saturated rings. The van der Waals surface area contributed by atoms with Crippen molar-refractivity contribution in [2.24, 2.45) is 0 Å². The van der Waals surface area contributed by atoms with Gasteiger partial charge in [-0.2, -0.15) is 0 Å². The molecule has 110 valence electrons. The van der Waals surface area contributed by atoms with Gasteiger partial charge in [0.2, 0.25) is 0 Å². The van der Waals surface area contributed by atoms with Gasteiger partial charge in [-0.25, -0.2) is 8.78 Å². The topological polar surface area (TPSA) is 55.2 Å². The lowest BCUT2D eigenvalue weighted by Gasteiger charge is -2.10. The van der Waals surface area contributed by atoms with Gasteiger partial charge in [0.05, 0.1) is 10.6 Å². The molecule has 0 spiro atoms. The highest BCUT2D eigenvalue weighted by atomic mass is 79.9. The van der Waals surface area contributed by atoms with Crippen LogP contribution < -0.4 is 5.32 Å². The number of hydrogen-bond acceptors (Lipinski definition) is 3. The predicted molar refractivity (Wildman–Crippen MR) is 79.2 cm³/mol. The third-order valence-corrected chi connectivity index (χ3v) is 3.70. The standard InChI is InChI=1S/C14H11BrF2N2O2/c1-8-4-13(17)14(6-12(8)16)18-7-9-2-3-10(19(20)21)5-11(9)15/h2-6,18H,7H2,1H3. The molecule has 2 aromatic carbocycles. The van der Waals surface area contributed by atoms with Crippen LogP contribution in [-0.4, -0.2) is 4.92 Å². The summed E-state index contributed by atoms with van der Waals surface area (Å²) in [5.74, 6) is -1.05. The zero-order chi connectivity index (χ0) is 15.6. The molecule has 0 radical (unpaired) electrons.